The van der Waals surface area contributed by atoms with E-state index in [0.29, 0.717) is 28.7 Å². The van der Waals surface area contributed by atoms with Crippen molar-refractivity contribution in [1.29, 1.82) is 0 Å². The third kappa shape index (κ3) is 3.21. The second-order valence-electron chi connectivity index (χ2n) is 5.28. The first kappa shape index (κ1) is 16.3. The molecule has 0 fully saturated rings. The van der Waals surface area contributed by atoms with Gasteiger partial charge in [-0.25, -0.2) is 4.98 Å². The van der Waals surface area contributed by atoms with Crippen LogP contribution < -0.4 is 9.64 Å². The highest BCUT2D eigenvalue weighted by molar-refractivity contribution is 8.00. The Balaban J connectivity index is 1.85. The number of nitrogens with one attached hydrogen (secondary N) is 1. The molecule has 2 heterocycles. The third-order valence-corrected chi connectivity index (χ3v) is 4.64. The summed E-state index contributed by atoms with van der Waals surface area (Å²) in [6, 6.07) is 5.16. The maximum atomic E-state index is 12.7. The summed E-state index contributed by atoms with van der Waals surface area (Å²) in [5.41, 5.74) is 1.14. The van der Waals surface area contributed by atoms with Crippen LogP contribution in [0.5, 0.6) is 5.75 Å². The van der Waals surface area contributed by atoms with E-state index in [9.17, 15) is 9.59 Å². The minimum Gasteiger partial charge on any atom is -0.482 e. The van der Waals surface area contributed by atoms with E-state index >= 15 is 0 Å². The molecule has 7 heteroatoms. The number of carbonyl (C=O) groups is 2. The van der Waals surface area contributed by atoms with Crippen LogP contribution in [0.3, 0.4) is 0 Å². The number of fused-ring (bicyclic) bond motifs is 1. The molecule has 3 rings (SSSR count). The number of thioether (sulfide) groups is 1. The first-order chi connectivity index (χ1) is 11.6. The third-order valence-electron chi connectivity index (χ3n) is 3.63. The van der Waals surface area contributed by atoms with Crippen molar-refractivity contribution in [3.05, 3.63) is 48.8 Å². The van der Waals surface area contributed by atoms with Gasteiger partial charge >= 0.3 is 0 Å². The first-order valence-corrected chi connectivity index (χ1v) is 8.36. The van der Waals surface area contributed by atoms with Gasteiger partial charge in [-0.3, -0.25) is 9.59 Å². The van der Waals surface area contributed by atoms with E-state index in [-0.39, 0.29) is 23.5 Å². The molecule has 1 unspecified atom stereocenters. The highest BCUT2D eigenvalue weighted by Crippen LogP contribution is 2.34. The summed E-state index contributed by atoms with van der Waals surface area (Å²) in [5, 5.41) is 0.392. The molecule has 0 bridgehead atoms. The zero-order chi connectivity index (χ0) is 17.1. The summed E-state index contributed by atoms with van der Waals surface area (Å²) in [4.78, 5) is 33.4. The number of benzene rings is 1. The molecule has 1 aliphatic heterocycles. The Labute approximate surface area is 143 Å². The number of rotatable bonds is 6. The number of ether oxygens (including phenoxy) is 1. The fourth-order valence-electron chi connectivity index (χ4n) is 2.46. The minimum absolute atomic E-state index is 0.00111. The summed E-state index contributed by atoms with van der Waals surface area (Å²) in [5.74, 6) is 0.417. The lowest BCUT2D eigenvalue weighted by Gasteiger charge is -2.29. The average Bonchev–Trinajstić information content (AvgIpc) is 3.09. The van der Waals surface area contributed by atoms with Gasteiger partial charge < -0.3 is 14.6 Å². The summed E-state index contributed by atoms with van der Waals surface area (Å²) in [6.45, 7) is 5.88. The Morgan fingerprint density at radius 2 is 2.42 bits per heavy atom. The summed E-state index contributed by atoms with van der Waals surface area (Å²) in [6.07, 6.45) is 5.01. The summed E-state index contributed by atoms with van der Waals surface area (Å²) >= 11 is 1.36. The van der Waals surface area contributed by atoms with Crippen LogP contribution in [0.25, 0.3) is 0 Å². The van der Waals surface area contributed by atoms with Crippen LogP contribution in [0.2, 0.25) is 0 Å². The van der Waals surface area contributed by atoms with Crippen LogP contribution in [0, 0.1) is 0 Å². The van der Waals surface area contributed by atoms with Gasteiger partial charge in [0.1, 0.15) is 5.75 Å². The number of anilines is 1. The Morgan fingerprint density at radius 3 is 3.12 bits per heavy atom. The zero-order valence-corrected chi connectivity index (χ0v) is 14.0. The van der Waals surface area contributed by atoms with E-state index in [1.807, 2.05) is 6.92 Å². The molecule has 0 aliphatic carbocycles. The normalized spacial score (nSPS) is 14.7. The van der Waals surface area contributed by atoms with Crippen molar-refractivity contribution in [3.8, 4) is 5.75 Å². The second kappa shape index (κ2) is 6.92. The molecule has 1 amide bonds. The maximum Gasteiger partial charge on any atom is 0.265 e. The Kier molecular flexibility index (Phi) is 4.71. The molecule has 1 aromatic heterocycles. The van der Waals surface area contributed by atoms with Crippen molar-refractivity contribution in [3.63, 3.8) is 0 Å². The molecule has 0 radical (unpaired) electrons. The van der Waals surface area contributed by atoms with Crippen molar-refractivity contribution >= 4 is 29.1 Å². The van der Waals surface area contributed by atoms with E-state index in [2.05, 4.69) is 16.5 Å². The van der Waals surface area contributed by atoms with Crippen LogP contribution in [-0.4, -0.2) is 40.1 Å². The fraction of sp³-hybridized carbons (Fsp3) is 0.235. The number of hydrogen-bond acceptors (Lipinski definition) is 5. The standard InChI is InChI=1S/C17H17N3O3S/c1-3-8-20-13-9-12(4-5-14(13)23-10-15(20)21)16(22)11(2)24-17-18-6-7-19-17/h3-7,9,11H,1,8,10H2,2H3,(H,18,19). The van der Waals surface area contributed by atoms with Crippen molar-refractivity contribution in [1.82, 2.24) is 9.97 Å². The number of H-pyrrole nitrogens is 1. The second-order valence-corrected chi connectivity index (χ2v) is 6.61. The van der Waals surface area contributed by atoms with E-state index in [4.69, 9.17) is 4.74 Å². The predicted molar refractivity (Wildman–Crippen MR) is 92.7 cm³/mol. The van der Waals surface area contributed by atoms with E-state index in [0.717, 1.165) is 0 Å². The molecule has 1 aromatic carbocycles. The SMILES string of the molecule is C=CCN1C(=O)COc2ccc(C(=O)C(C)Sc3ncc[nH]3)cc21. The molecule has 2 aromatic rings. The van der Waals surface area contributed by atoms with E-state index in [1.54, 1.807) is 41.6 Å². The predicted octanol–water partition coefficient (Wildman–Crippen LogP) is 2.68. The number of ketones is 1. The van der Waals surface area contributed by atoms with Crippen molar-refractivity contribution in [2.75, 3.05) is 18.1 Å². The first-order valence-electron chi connectivity index (χ1n) is 7.48. The molecule has 1 N–H and O–H groups in total. The largest absolute Gasteiger partial charge is 0.482 e. The zero-order valence-electron chi connectivity index (χ0n) is 13.2. The van der Waals surface area contributed by atoms with E-state index < -0.39 is 0 Å². The fourth-order valence-corrected chi connectivity index (χ4v) is 3.29. The molecule has 1 aliphatic rings. The van der Waals surface area contributed by atoms with Gasteiger partial charge in [-0.15, -0.1) is 6.58 Å². The lowest BCUT2D eigenvalue weighted by atomic mass is 10.1. The molecule has 124 valence electrons. The van der Waals surface area contributed by atoms with Crippen molar-refractivity contribution in [2.45, 2.75) is 17.3 Å². The molecule has 24 heavy (non-hydrogen) atoms. The Hall–Kier alpha value is -2.54. The van der Waals surface area contributed by atoms with Gasteiger partial charge in [0.2, 0.25) is 0 Å². The highest BCUT2D eigenvalue weighted by Gasteiger charge is 2.26. The molecular weight excluding hydrogens is 326 g/mol. The molecule has 0 saturated heterocycles. The number of amides is 1. The van der Waals surface area contributed by atoms with Crippen LogP contribution in [-0.2, 0) is 4.79 Å². The van der Waals surface area contributed by atoms with Crippen LogP contribution in [0.1, 0.15) is 17.3 Å². The lowest BCUT2D eigenvalue weighted by molar-refractivity contribution is -0.121. The monoisotopic (exact) mass is 343 g/mol. The number of imidazole rings is 1. The van der Waals surface area contributed by atoms with Crippen molar-refractivity contribution < 1.29 is 14.3 Å². The van der Waals surface area contributed by atoms with Crippen LogP contribution >= 0.6 is 11.8 Å². The number of hydrogen-bond donors (Lipinski definition) is 1. The molecule has 1 atom stereocenters. The van der Waals surface area contributed by atoms with Gasteiger partial charge in [0, 0.05) is 24.5 Å². The Bertz CT molecular complexity index is 773. The molecular formula is C17H17N3O3S. The van der Waals surface area contributed by atoms with Gasteiger partial charge in [-0.05, 0) is 25.1 Å². The molecule has 6 nitrogen and oxygen atoms in total. The van der Waals surface area contributed by atoms with Gasteiger partial charge in [-0.1, -0.05) is 17.8 Å². The van der Waals surface area contributed by atoms with Crippen molar-refractivity contribution in [2.24, 2.45) is 0 Å². The topological polar surface area (TPSA) is 75.3 Å². The molecule has 0 saturated carbocycles. The molecule has 0 spiro atoms. The van der Waals surface area contributed by atoms with Gasteiger partial charge in [0.15, 0.2) is 17.5 Å². The average molecular weight is 343 g/mol. The maximum absolute atomic E-state index is 12.7. The van der Waals surface area contributed by atoms with Gasteiger partial charge in [0.25, 0.3) is 5.91 Å². The number of carbonyl (C=O) groups excluding carboxylic acids is 2. The minimum atomic E-state index is -0.303. The van der Waals surface area contributed by atoms with E-state index in [1.165, 1.54) is 11.8 Å². The summed E-state index contributed by atoms with van der Waals surface area (Å²) < 4.78 is 5.44. The number of Topliss-reactive ketones (excluding diaryl/α,β-unsaturated/α-hetero) is 1. The van der Waals surface area contributed by atoms with Crippen LogP contribution in [0.15, 0.2) is 48.4 Å². The van der Waals surface area contributed by atoms with Gasteiger partial charge in [0.05, 0.1) is 10.9 Å². The number of aromatic amines is 1. The quantitative estimate of drug-likeness (QED) is 0.496. The van der Waals surface area contributed by atoms with Crippen LogP contribution in [0.4, 0.5) is 5.69 Å². The summed E-state index contributed by atoms with van der Waals surface area (Å²) in [7, 11) is 0. The Morgan fingerprint density at radius 1 is 1.58 bits per heavy atom. The smallest absolute Gasteiger partial charge is 0.265 e. The number of aromatic nitrogens is 2. The highest BCUT2D eigenvalue weighted by atomic mass is 32.2. The lowest BCUT2D eigenvalue weighted by Crippen LogP contribution is -2.39. The number of nitrogens with zero attached hydrogens (tertiary/aromatic N) is 2. The van der Waals surface area contributed by atoms with Gasteiger partial charge in [-0.2, -0.15) is 0 Å².